The summed E-state index contributed by atoms with van der Waals surface area (Å²) < 4.78 is 24.9. The number of fused-ring (bicyclic) bond motifs is 1. The van der Waals surface area contributed by atoms with E-state index in [9.17, 15) is 14.0 Å². The summed E-state index contributed by atoms with van der Waals surface area (Å²) in [4.78, 5) is 24.3. The van der Waals surface area contributed by atoms with Crippen LogP contribution in [0.1, 0.15) is 28.1 Å². The van der Waals surface area contributed by atoms with Crippen molar-refractivity contribution in [1.82, 2.24) is 5.32 Å². The fourth-order valence-electron chi connectivity index (χ4n) is 2.67. The Morgan fingerprint density at radius 1 is 1.48 bits per heavy atom. The maximum absolute atomic E-state index is 14.2. The molecule has 1 saturated heterocycles. The summed E-state index contributed by atoms with van der Waals surface area (Å²) in [5.41, 5.74) is 0.446. The number of amides is 1. The number of rotatable bonds is 4. The summed E-state index contributed by atoms with van der Waals surface area (Å²) >= 11 is 1.16. The molecule has 1 fully saturated rings. The molecule has 1 amide bonds. The summed E-state index contributed by atoms with van der Waals surface area (Å²) in [5.74, 6) is -1.20. The Bertz CT molecular complexity index is 752. The van der Waals surface area contributed by atoms with Gasteiger partial charge in [0.15, 0.2) is 0 Å². The maximum atomic E-state index is 14.2. The van der Waals surface area contributed by atoms with Gasteiger partial charge in [-0.15, -0.1) is 11.3 Å². The van der Waals surface area contributed by atoms with Crippen LogP contribution in [0.5, 0.6) is 0 Å². The van der Waals surface area contributed by atoms with Gasteiger partial charge in [0.05, 0.1) is 7.11 Å². The van der Waals surface area contributed by atoms with Gasteiger partial charge in [-0.05, 0) is 25.0 Å². The minimum atomic E-state index is -0.535. The maximum Gasteiger partial charge on any atom is 0.348 e. The zero-order chi connectivity index (χ0) is 16.4. The lowest BCUT2D eigenvalue weighted by molar-refractivity contribution is -0.130. The fourth-order valence-corrected chi connectivity index (χ4v) is 3.82. The average Bonchev–Trinajstić information content (AvgIpc) is 3.20. The molecule has 1 N–H and O–H groups in total. The topological polar surface area (TPSA) is 64.6 Å². The highest BCUT2D eigenvalue weighted by Gasteiger charge is 2.25. The van der Waals surface area contributed by atoms with Gasteiger partial charge < -0.3 is 14.8 Å². The third kappa shape index (κ3) is 3.07. The number of carbonyl (C=O) groups is 2. The molecule has 2 heterocycles. The molecule has 0 unspecified atom stereocenters. The predicted octanol–water partition coefficient (Wildman–Crippen LogP) is 2.62. The lowest BCUT2D eigenvalue weighted by Crippen LogP contribution is -2.33. The Morgan fingerprint density at radius 3 is 3.00 bits per heavy atom. The molecule has 1 aromatic carbocycles. The first kappa shape index (κ1) is 15.9. The number of nitrogens with one attached hydrogen (secondary N) is 1. The summed E-state index contributed by atoms with van der Waals surface area (Å²) in [7, 11) is 1.28. The molecule has 0 spiro atoms. The third-order valence-corrected chi connectivity index (χ3v) is 4.97. The van der Waals surface area contributed by atoms with Crippen molar-refractivity contribution in [3.8, 4) is 0 Å². The van der Waals surface area contributed by atoms with E-state index in [0.29, 0.717) is 33.6 Å². The van der Waals surface area contributed by atoms with E-state index in [1.165, 1.54) is 13.2 Å². The van der Waals surface area contributed by atoms with Crippen molar-refractivity contribution in [2.75, 3.05) is 13.7 Å². The highest BCUT2D eigenvalue weighted by molar-refractivity contribution is 7.21. The van der Waals surface area contributed by atoms with Crippen LogP contribution in [-0.2, 0) is 20.8 Å². The van der Waals surface area contributed by atoms with Crippen molar-refractivity contribution in [3.05, 3.63) is 34.5 Å². The molecule has 1 aromatic heterocycles. The molecule has 5 nitrogen and oxygen atoms in total. The van der Waals surface area contributed by atoms with Gasteiger partial charge in [-0.1, -0.05) is 6.07 Å². The molecular formula is C16H16FNO4S. The van der Waals surface area contributed by atoms with E-state index in [-0.39, 0.29) is 12.5 Å². The van der Waals surface area contributed by atoms with Crippen LogP contribution in [0.25, 0.3) is 10.1 Å². The highest BCUT2D eigenvalue weighted by atomic mass is 32.1. The number of carbonyl (C=O) groups excluding carboxylic acids is 2. The van der Waals surface area contributed by atoms with Crippen molar-refractivity contribution in [2.45, 2.75) is 25.5 Å². The van der Waals surface area contributed by atoms with Crippen molar-refractivity contribution < 1.29 is 23.5 Å². The van der Waals surface area contributed by atoms with Gasteiger partial charge in [0, 0.05) is 28.8 Å². The molecule has 0 saturated carbocycles. The first-order valence-corrected chi connectivity index (χ1v) is 8.11. The number of methoxy groups -OCH3 is 1. The second kappa shape index (κ2) is 6.64. The van der Waals surface area contributed by atoms with Crippen LogP contribution in [0.4, 0.5) is 4.39 Å². The van der Waals surface area contributed by atoms with Crippen LogP contribution in [-0.4, -0.2) is 31.7 Å². The Labute approximate surface area is 136 Å². The van der Waals surface area contributed by atoms with E-state index >= 15 is 0 Å². The second-order valence-corrected chi connectivity index (χ2v) is 6.29. The van der Waals surface area contributed by atoms with Crippen LogP contribution in [0, 0.1) is 5.82 Å². The zero-order valence-corrected chi connectivity index (χ0v) is 13.4. The molecule has 2 aromatic rings. The van der Waals surface area contributed by atoms with E-state index in [1.54, 1.807) is 12.1 Å². The Hall–Kier alpha value is -1.99. The molecule has 23 heavy (non-hydrogen) atoms. The van der Waals surface area contributed by atoms with Crippen LogP contribution in [0.3, 0.4) is 0 Å². The highest BCUT2D eigenvalue weighted by Crippen LogP contribution is 2.33. The zero-order valence-electron chi connectivity index (χ0n) is 12.6. The summed E-state index contributed by atoms with van der Waals surface area (Å²) in [5, 5.41) is 3.09. The molecule has 0 aliphatic carbocycles. The Balaban J connectivity index is 1.91. The van der Waals surface area contributed by atoms with Crippen LogP contribution < -0.4 is 5.32 Å². The van der Waals surface area contributed by atoms with Crippen LogP contribution in [0.2, 0.25) is 0 Å². The predicted molar refractivity (Wildman–Crippen MR) is 83.9 cm³/mol. The quantitative estimate of drug-likeness (QED) is 0.871. The third-order valence-electron chi connectivity index (χ3n) is 3.80. The van der Waals surface area contributed by atoms with Crippen molar-refractivity contribution in [1.29, 1.82) is 0 Å². The molecule has 7 heteroatoms. The van der Waals surface area contributed by atoms with E-state index in [1.807, 2.05) is 0 Å². The number of esters is 1. The van der Waals surface area contributed by atoms with Gasteiger partial charge in [-0.25, -0.2) is 9.18 Å². The Kier molecular flexibility index (Phi) is 4.58. The van der Waals surface area contributed by atoms with Gasteiger partial charge in [0.1, 0.15) is 16.8 Å². The molecular weight excluding hydrogens is 321 g/mol. The lowest BCUT2D eigenvalue weighted by atomic mass is 10.1. The summed E-state index contributed by atoms with van der Waals surface area (Å²) in [6.07, 6.45) is 1.06. The standard InChI is InChI=1S/C16H16FNO4S/c1-21-16(20)14-9(8-18-15(19)11-5-3-7-22-11)13-10(17)4-2-6-12(13)23-14/h2,4,6,11H,3,5,7-8H2,1H3,(H,18,19)/t11-/m0/s1. The number of halogens is 1. The van der Waals surface area contributed by atoms with Crippen molar-refractivity contribution in [2.24, 2.45) is 0 Å². The molecule has 0 bridgehead atoms. The first-order valence-electron chi connectivity index (χ1n) is 7.29. The number of benzene rings is 1. The summed E-state index contributed by atoms with van der Waals surface area (Å²) in [6, 6.07) is 4.66. The molecule has 3 rings (SSSR count). The average molecular weight is 337 g/mol. The number of hydrogen-bond acceptors (Lipinski definition) is 5. The lowest BCUT2D eigenvalue weighted by Gasteiger charge is -2.11. The van der Waals surface area contributed by atoms with Gasteiger partial charge >= 0.3 is 5.97 Å². The van der Waals surface area contributed by atoms with Crippen LogP contribution >= 0.6 is 11.3 Å². The van der Waals surface area contributed by atoms with Crippen LogP contribution in [0.15, 0.2) is 18.2 Å². The smallest absolute Gasteiger partial charge is 0.348 e. The number of ether oxygens (including phenoxy) is 2. The first-order chi connectivity index (χ1) is 11.1. The molecule has 122 valence electrons. The van der Waals surface area contributed by atoms with Crippen molar-refractivity contribution >= 4 is 33.3 Å². The fraction of sp³-hybridized carbons (Fsp3) is 0.375. The van der Waals surface area contributed by atoms with Gasteiger partial charge in [0.2, 0.25) is 5.91 Å². The molecule has 0 radical (unpaired) electrons. The van der Waals surface area contributed by atoms with Gasteiger partial charge in [-0.3, -0.25) is 4.79 Å². The second-order valence-electron chi connectivity index (χ2n) is 5.23. The summed E-state index contributed by atoms with van der Waals surface area (Å²) in [6.45, 7) is 0.631. The van der Waals surface area contributed by atoms with E-state index in [0.717, 1.165) is 17.8 Å². The van der Waals surface area contributed by atoms with Crippen molar-refractivity contribution in [3.63, 3.8) is 0 Å². The number of thiophene rings is 1. The largest absolute Gasteiger partial charge is 0.465 e. The molecule has 1 aliphatic heterocycles. The SMILES string of the molecule is COC(=O)c1sc2cccc(F)c2c1CNC(=O)[C@@H]1CCCO1. The number of hydrogen-bond donors (Lipinski definition) is 1. The van der Waals surface area contributed by atoms with E-state index in [2.05, 4.69) is 5.32 Å². The minimum absolute atomic E-state index is 0.0596. The van der Waals surface area contributed by atoms with E-state index in [4.69, 9.17) is 9.47 Å². The van der Waals surface area contributed by atoms with E-state index < -0.39 is 17.9 Å². The molecule has 1 aliphatic rings. The monoisotopic (exact) mass is 337 g/mol. The van der Waals surface area contributed by atoms with Gasteiger partial charge in [-0.2, -0.15) is 0 Å². The minimum Gasteiger partial charge on any atom is -0.465 e. The Morgan fingerprint density at radius 2 is 2.30 bits per heavy atom. The molecule has 1 atom stereocenters. The van der Waals surface area contributed by atoms with Gasteiger partial charge in [0.25, 0.3) is 0 Å². The normalized spacial score (nSPS) is 17.4.